The second kappa shape index (κ2) is 3.67. The van der Waals surface area contributed by atoms with Gasteiger partial charge in [-0.3, -0.25) is 0 Å². The molecule has 1 aliphatic rings. The first-order valence-corrected chi connectivity index (χ1v) is 5.62. The second-order valence-electron chi connectivity index (χ2n) is 4.17. The van der Waals surface area contributed by atoms with Gasteiger partial charge in [-0.25, -0.2) is 4.79 Å². The number of nitrogens with zero attached hydrogens (tertiary/aromatic N) is 1. The fourth-order valence-corrected chi connectivity index (χ4v) is 2.23. The van der Waals surface area contributed by atoms with E-state index in [1.165, 1.54) is 24.6 Å². The Morgan fingerprint density at radius 1 is 1.06 bits per heavy atom. The monoisotopic (exact) mass is 215 g/mol. The Morgan fingerprint density at radius 2 is 1.88 bits per heavy atom. The Kier molecular flexibility index (Phi) is 2.17. The Balaban J connectivity index is 2.08. The minimum Gasteiger partial charge on any atom is -0.423 e. The van der Waals surface area contributed by atoms with Crippen LogP contribution in [-0.2, 0) is 0 Å². The van der Waals surface area contributed by atoms with Crippen LogP contribution in [0, 0.1) is 0 Å². The van der Waals surface area contributed by atoms with Gasteiger partial charge < -0.3 is 9.32 Å². The molecule has 0 aliphatic carbocycles. The summed E-state index contributed by atoms with van der Waals surface area (Å²) in [5.41, 5.74) is 1.59. The normalized spacial score (nSPS) is 15.9. The van der Waals surface area contributed by atoms with E-state index in [0.29, 0.717) is 5.58 Å². The van der Waals surface area contributed by atoms with Gasteiger partial charge in [0.05, 0.1) is 0 Å². The average Bonchev–Trinajstić information content (AvgIpc) is 2.82. The minimum atomic E-state index is -0.290. The first-order chi connectivity index (χ1) is 7.83. The number of fused-ring (bicyclic) bond motifs is 1. The topological polar surface area (TPSA) is 33.5 Å². The van der Waals surface area contributed by atoms with Crippen molar-refractivity contribution in [1.82, 2.24) is 0 Å². The molecule has 82 valence electrons. The molecule has 1 aliphatic heterocycles. The van der Waals surface area contributed by atoms with Crippen LogP contribution in [0.4, 0.5) is 5.69 Å². The quantitative estimate of drug-likeness (QED) is 0.685. The summed E-state index contributed by atoms with van der Waals surface area (Å²) in [5, 5.41) is 0.990. The molecular formula is C13H13NO2. The van der Waals surface area contributed by atoms with Crippen LogP contribution in [0.15, 0.2) is 39.5 Å². The third-order valence-electron chi connectivity index (χ3n) is 3.07. The SMILES string of the molecule is O=c1ccc2cc(N3CCCC3)ccc2o1. The molecule has 3 heteroatoms. The highest BCUT2D eigenvalue weighted by molar-refractivity contribution is 5.80. The Bertz CT molecular complexity index is 567. The van der Waals surface area contributed by atoms with Crippen molar-refractivity contribution < 1.29 is 4.42 Å². The number of rotatable bonds is 1. The highest BCUT2D eigenvalue weighted by Crippen LogP contribution is 2.24. The molecule has 16 heavy (non-hydrogen) atoms. The molecule has 1 fully saturated rings. The molecule has 0 radical (unpaired) electrons. The van der Waals surface area contributed by atoms with E-state index in [0.717, 1.165) is 18.5 Å². The van der Waals surface area contributed by atoms with Gasteiger partial charge in [0.25, 0.3) is 0 Å². The molecule has 2 aromatic rings. The van der Waals surface area contributed by atoms with Gasteiger partial charge in [-0.2, -0.15) is 0 Å². The first-order valence-electron chi connectivity index (χ1n) is 5.62. The summed E-state index contributed by atoms with van der Waals surface area (Å²) in [4.78, 5) is 13.4. The lowest BCUT2D eigenvalue weighted by Crippen LogP contribution is -2.17. The summed E-state index contributed by atoms with van der Waals surface area (Å²) in [6.07, 6.45) is 2.53. The zero-order valence-electron chi connectivity index (χ0n) is 8.98. The fraction of sp³-hybridized carbons (Fsp3) is 0.308. The van der Waals surface area contributed by atoms with Crippen molar-refractivity contribution in [2.75, 3.05) is 18.0 Å². The van der Waals surface area contributed by atoms with E-state index < -0.39 is 0 Å². The minimum absolute atomic E-state index is 0.290. The lowest BCUT2D eigenvalue weighted by atomic mass is 10.2. The molecule has 3 rings (SSSR count). The molecule has 1 saturated heterocycles. The van der Waals surface area contributed by atoms with Crippen LogP contribution in [0.5, 0.6) is 0 Å². The average molecular weight is 215 g/mol. The van der Waals surface area contributed by atoms with E-state index in [1.54, 1.807) is 0 Å². The summed E-state index contributed by atoms with van der Waals surface area (Å²) in [6, 6.07) is 9.28. The van der Waals surface area contributed by atoms with Gasteiger partial charge in [0, 0.05) is 30.2 Å². The third kappa shape index (κ3) is 1.58. The zero-order valence-corrected chi connectivity index (χ0v) is 8.98. The molecule has 0 unspecified atom stereocenters. The molecule has 1 aromatic carbocycles. The van der Waals surface area contributed by atoms with Crippen LogP contribution in [0.1, 0.15) is 12.8 Å². The van der Waals surface area contributed by atoms with Crippen LogP contribution in [0.2, 0.25) is 0 Å². The van der Waals surface area contributed by atoms with Crippen molar-refractivity contribution in [3.05, 3.63) is 40.8 Å². The van der Waals surface area contributed by atoms with Crippen LogP contribution in [0.25, 0.3) is 11.0 Å². The van der Waals surface area contributed by atoms with Gasteiger partial charge in [0.2, 0.25) is 0 Å². The molecule has 0 bridgehead atoms. The largest absolute Gasteiger partial charge is 0.423 e. The Labute approximate surface area is 93.3 Å². The molecule has 3 nitrogen and oxygen atoms in total. The van der Waals surface area contributed by atoms with E-state index in [4.69, 9.17) is 4.42 Å². The maximum Gasteiger partial charge on any atom is 0.336 e. The highest BCUT2D eigenvalue weighted by Gasteiger charge is 2.12. The highest BCUT2D eigenvalue weighted by atomic mass is 16.4. The zero-order chi connectivity index (χ0) is 11.0. The Hall–Kier alpha value is -1.77. The number of anilines is 1. The number of hydrogen-bond donors (Lipinski definition) is 0. The van der Waals surface area contributed by atoms with E-state index in [2.05, 4.69) is 11.0 Å². The van der Waals surface area contributed by atoms with Crippen molar-refractivity contribution in [3.8, 4) is 0 Å². The molecule has 0 spiro atoms. The molecule has 0 amide bonds. The Morgan fingerprint density at radius 3 is 2.69 bits per heavy atom. The second-order valence-corrected chi connectivity index (χ2v) is 4.17. The predicted molar refractivity (Wildman–Crippen MR) is 63.9 cm³/mol. The maximum atomic E-state index is 11.0. The van der Waals surface area contributed by atoms with Crippen LogP contribution >= 0.6 is 0 Å². The van der Waals surface area contributed by atoms with Gasteiger partial charge in [0.1, 0.15) is 5.58 Å². The van der Waals surface area contributed by atoms with Crippen molar-refractivity contribution in [1.29, 1.82) is 0 Å². The fourth-order valence-electron chi connectivity index (χ4n) is 2.23. The summed E-state index contributed by atoms with van der Waals surface area (Å²) in [6.45, 7) is 2.25. The number of hydrogen-bond acceptors (Lipinski definition) is 3. The van der Waals surface area contributed by atoms with E-state index in [9.17, 15) is 4.79 Å². The van der Waals surface area contributed by atoms with Gasteiger partial charge >= 0.3 is 5.63 Å². The van der Waals surface area contributed by atoms with Crippen LogP contribution in [-0.4, -0.2) is 13.1 Å². The molecule has 0 atom stereocenters. The van der Waals surface area contributed by atoms with Crippen molar-refractivity contribution in [2.45, 2.75) is 12.8 Å². The maximum absolute atomic E-state index is 11.0. The van der Waals surface area contributed by atoms with E-state index in [1.807, 2.05) is 18.2 Å². The number of benzene rings is 1. The standard InChI is InChI=1S/C13H13NO2/c15-13-6-3-10-9-11(4-5-12(10)16-13)14-7-1-2-8-14/h3-6,9H,1-2,7-8H2. The molecule has 1 aromatic heterocycles. The third-order valence-corrected chi connectivity index (χ3v) is 3.07. The van der Waals surface area contributed by atoms with Gasteiger partial charge in [0.15, 0.2) is 0 Å². The summed E-state index contributed by atoms with van der Waals surface area (Å²) in [5.74, 6) is 0. The first kappa shape index (κ1) is 9.46. The van der Waals surface area contributed by atoms with Crippen molar-refractivity contribution in [3.63, 3.8) is 0 Å². The summed E-state index contributed by atoms with van der Waals surface area (Å²) >= 11 is 0. The molecule has 0 N–H and O–H groups in total. The molecule has 2 heterocycles. The lowest BCUT2D eigenvalue weighted by molar-refractivity contribution is 0.561. The molecule has 0 saturated carbocycles. The summed E-state index contributed by atoms with van der Waals surface area (Å²) in [7, 11) is 0. The molecular weight excluding hydrogens is 202 g/mol. The van der Waals surface area contributed by atoms with Crippen LogP contribution < -0.4 is 10.5 Å². The van der Waals surface area contributed by atoms with E-state index in [-0.39, 0.29) is 5.63 Å². The van der Waals surface area contributed by atoms with Crippen molar-refractivity contribution in [2.24, 2.45) is 0 Å². The van der Waals surface area contributed by atoms with Gasteiger partial charge in [-0.15, -0.1) is 0 Å². The summed E-state index contributed by atoms with van der Waals surface area (Å²) < 4.78 is 5.11. The van der Waals surface area contributed by atoms with Crippen LogP contribution in [0.3, 0.4) is 0 Å². The predicted octanol–water partition coefficient (Wildman–Crippen LogP) is 2.39. The van der Waals surface area contributed by atoms with E-state index >= 15 is 0 Å². The van der Waals surface area contributed by atoms with Crippen molar-refractivity contribution >= 4 is 16.7 Å². The lowest BCUT2D eigenvalue weighted by Gasteiger charge is -2.17. The van der Waals surface area contributed by atoms with Gasteiger partial charge in [-0.05, 0) is 37.1 Å². The van der Waals surface area contributed by atoms with Gasteiger partial charge in [-0.1, -0.05) is 0 Å². The smallest absolute Gasteiger partial charge is 0.336 e.